The second-order valence-electron chi connectivity index (χ2n) is 8.15. The molecule has 0 radical (unpaired) electrons. The first-order valence-corrected chi connectivity index (χ1v) is 13.0. The Bertz CT molecular complexity index is 1280. The van der Waals surface area contributed by atoms with Crippen molar-refractivity contribution in [1.29, 1.82) is 0 Å². The van der Waals surface area contributed by atoms with Crippen LogP contribution in [0, 0.1) is 0 Å². The van der Waals surface area contributed by atoms with Crippen molar-refractivity contribution in [3.63, 3.8) is 0 Å². The summed E-state index contributed by atoms with van der Waals surface area (Å²) in [4.78, 5) is 44.5. The topological polar surface area (TPSA) is 129 Å². The van der Waals surface area contributed by atoms with E-state index in [-0.39, 0.29) is 31.2 Å². The number of nitrogens with zero attached hydrogens (tertiary/aromatic N) is 4. The Kier molecular flexibility index (Phi) is 8.93. The third-order valence-electron chi connectivity index (χ3n) is 5.71. The number of likely N-dealkylation sites (N-methyl/N-ethyl adjacent to an activating group) is 1. The highest BCUT2D eigenvalue weighted by Gasteiger charge is 2.47. The molecule has 0 saturated carbocycles. The van der Waals surface area contributed by atoms with Gasteiger partial charge in [-0.1, -0.05) is 13.8 Å². The van der Waals surface area contributed by atoms with Gasteiger partial charge in [0.1, 0.15) is 19.0 Å². The van der Waals surface area contributed by atoms with Crippen LogP contribution in [0.1, 0.15) is 19.4 Å². The van der Waals surface area contributed by atoms with Gasteiger partial charge in [-0.05, 0) is 55.1 Å². The van der Waals surface area contributed by atoms with Crippen molar-refractivity contribution in [2.45, 2.75) is 30.8 Å². The van der Waals surface area contributed by atoms with Crippen molar-refractivity contribution in [3.8, 4) is 0 Å². The van der Waals surface area contributed by atoms with Crippen molar-refractivity contribution in [2.24, 2.45) is 0 Å². The van der Waals surface area contributed by atoms with E-state index in [0.29, 0.717) is 24.2 Å². The van der Waals surface area contributed by atoms with E-state index in [4.69, 9.17) is 4.74 Å². The van der Waals surface area contributed by atoms with Gasteiger partial charge in [0, 0.05) is 19.3 Å². The lowest BCUT2D eigenvalue weighted by Gasteiger charge is -2.18. The standard InChI is InChI=1S/C23H26F3N5O6S/c1-3-29(4-2)11-12-37-21(33)28-19-13-16(9-10-27-19)14-30-15-20(32)31(22(30)34)17-5-7-18(8-6-17)38(35,36)23(24,25)26/h5-10,13H,3-4,11-12,14-15H2,1-2H3,(H,27,28,33). The second-order valence-corrected chi connectivity index (χ2v) is 10.1. The van der Waals surface area contributed by atoms with Gasteiger partial charge >= 0.3 is 17.6 Å². The fourth-order valence-corrected chi connectivity index (χ4v) is 4.41. The normalized spacial score (nSPS) is 14.4. The number of imide groups is 1. The van der Waals surface area contributed by atoms with Crippen molar-refractivity contribution in [3.05, 3.63) is 48.2 Å². The summed E-state index contributed by atoms with van der Waals surface area (Å²) in [5.74, 6) is -0.475. The summed E-state index contributed by atoms with van der Waals surface area (Å²) in [5, 5.41) is 2.50. The predicted octanol–water partition coefficient (Wildman–Crippen LogP) is 3.23. The number of carbonyl (C=O) groups is 3. The molecule has 0 atom stereocenters. The number of pyridine rings is 1. The monoisotopic (exact) mass is 557 g/mol. The molecule has 0 bridgehead atoms. The molecule has 0 unspecified atom stereocenters. The predicted molar refractivity (Wildman–Crippen MR) is 130 cm³/mol. The van der Waals surface area contributed by atoms with Gasteiger partial charge in [-0.15, -0.1) is 0 Å². The average molecular weight is 558 g/mol. The number of nitrogens with one attached hydrogen (secondary N) is 1. The highest BCUT2D eigenvalue weighted by molar-refractivity contribution is 7.92. The van der Waals surface area contributed by atoms with Gasteiger partial charge in [0.2, 0.25) is 0 Å². The highest BCUT2D eigenvalue weighted by Crippen LogP contribution is 2.32. The van der Waals surface area contributed by atoms with Crippen LogP contribution in [0.2, 0.25) is 0 Å². The van der Waals surface area contributed by atoms with Gasteiger partial charge in [-0.3, -0.25) is 10.1 Å². The van der Waals surface area contributed by atoms with E-state index in [2.05, 4.69) is 15.2 Å². The molecule has 1 aromatic heterocycles. The fourth-order valence-electron chi connectivity index (χ4n) is 3.64. The fraction of sp³-hybridized carbons (Fsp3) is 0.391. The zero-order valence-electron chi connectivity index (χ0n) is 20.6. The number of benzene rings is 1. The molecule has 1 fully saturated rings. The zero-order chi connectivity index (χ0) is 28.1. The van der Waals surface area contributed by atoms with Crippen molar-refractivity contribution in [2.75, 3.05) is 43.0 Å². The molecule has 38 heavy (non-hydrogen) atoms. The maximum atomic E-state index is 12.9. The van der Waals surface area contributed by atoms with Crippen molar-refractivity contribution < 1.29 is 40.7 Å². The summed E-state index contributed by atoms with van der Waals surface area (Å²) in [6.45, 7) is 6.06. The van der Waals surface area contributed by atoms with Crippen LogP contribution < -0.4 is 10.2 Å². The zero-order valence-corrected chi connectivity index (χ0v) is 21.4. The van der Waals surface area contributed by atoms with Crippen LogP contribution in [0.3, 0.4) is 0 Å². The quantitative estimate of drug-likeness (QED) is 0.441. The van der Waals surface area contributed by atoms with Crippen LogP contribution in [0.25, 0.3) is 0 Å². The Morgan fingerprint density at radius 3 is 2.39 bits per heavy atom. The Labute approximate surface area is 217 Å². The number of rotatable bonds is 10. The summed E-state index contributed by atoms with van der Waals surface area (Å²) >= 11 is 0. The summed E-state index contributed by atoms with van der Waals surface area (Å²) in [7, 11) is -5.57. The smallest absolute Gasteiger partial charge is 0.448 e. The van der Waals surface area contributed by atoms with Crippen LogP contribution in [0.15, 0.2) is 47.5 Å². The van der Waals surface area contributed by atoms with E-state index in [1.807, 2.05) is 13.8 Å². The number of alkyl halides is 3. The van der Waals surface area contributed by atoms with Gasteiger partial charge in [-0.2, -0.15) is 13.2 Å². The van der Waals surface area contributed by atoms with E-state index in [0.717, 1.165) is 30.1 Å². The van der Waals surface area contributed by atoms with Gasteiger partial charge in [0.05, 0.1) is 10.6 Å². The first kappa shape index (κ1) is 28.8. The van der Waals surface area contributed by atoms with E-state index in [9.17, 15) is 36.0 Å². The molecule has 1 N–H and O–H groups in total. The molecule has 1 aromatic carbocycles. The van der Waals surface area contributed by atoms with Crippen LogP contribution in [0.4, 0.5) is 34.3 Å². The minimum Gasteiger partial charge on any atom is -0.448 e. The summed E-state index contributed by atoms with van der Waals surface area (Å²) < 4.78 is 66.5. The number of hydrogen-bond donors (Lipinski definition) is 1. The maximum absolute atomic E-state index is 12.9. The van der Waals surface area contributed by atoms with E-state index in [1.54, 1.807) is 6.07 Å². The molecule has 1 saturated heterocycles. The highest BCUT2D eigenvalue weighted by atomic mass is 32.2. The van der Waals surface area contributed by atoms with E-state index >= 15 is 0 Å². The number of hydrogen-bond acceptors (Lipinski definition) is 8. The number of halogens is 3. The Morgan fingerprint density at radius 1 is 1.13 bits per heavy atom. The van der Waals surface area contributed by atoms with Gasteiger partial charge in [-0.25, -0.2) is 27.9 Å². The summed E-state index contributed by atoms with van der Waals surface area (Å²) in [6, 6.07) is 5.61. The molecule has 2 aromatic rings. The molecule has 0 spiro atoms. The largest absolute Gasteiger partial charge is 0.501 e. The molecule has 4 amide bonds. The first-order valence-electron chi connectivity index (χ1n) is 11.5. The first-order chi connectivity index (χ1) is 17.9. The van der Waals surface area contributed by atoms with E-state index < -0.39 is 38.3 Å². The molecular formula is C23H26F3N5O6S. The minimum absolute atomic E-state index is 0.0319. The molecule has 11 nitrogen and oxygen atoms in total. The number of anilines is 2. The molecule has 15 heteroatoms. The van der Waals surface area contributed by atoms with Gasteiger partial charge in [0.15, 0.2) is 0 Å². The third-order valence-corrected chi connectivity index (χ3v) is 7.21. The van der Waals surface area contributed by atoms with Gasteiger partial charge < -0.3 is 14.5 Å². The maximum Gasteiger partial charge on any atom is 0.501 e. The summed E-state index contributed by atoms with van der Waals surface area (Å²) in [5.41, 5.74) is -5.02. The lowest BCUT2D eigenvalue weighted by Crippen LogP contribution is -2.33. The molecule has 3 rings (SSSR count). The Balaban J connectivity index is 1.63. The summed E-state index contributed by atoms with van der Waals surface area (Å²) in [6.07, 6.45) is 0.706. The molecule has 1 aliphatic rings. The molecule has 2 heterocycles. The molecular weight excluding hydrogens is 531 g/mol. The van der Waals surface area contributed by atoms with Crippen molar-refractivity contribution >= 4 is 39.4 Å². The number of aromatic nitrogens is 1. The number of ether oxygens (including phenoxy) is 1. The Morgan fingerprint density at radius 2 is 1.79 bits per heavy atom. The van der Waals surface area contributed by atoms with Crippen LogP contribution in [0.5, 0.6) is 0 Å². The van der Waals surface area contributed by atoms with Crippen LogP contribution >= 0.6 is 0 Å². The molecule has 0 aliphatic carbocycles. The van der Waals surface area contributed by atoms with Crippen LogP contribution in [-0.4, -0.2) is 79.5 Å². The molecule has 206 valence electrons. The van der Waals surface area contributed by atoms with Crippen LogP contribution in [-0.2, 0) is 25.9 Å². The number of carbonyl (C=O) groups excluding carboxylic acids is 3. The van der Waals surface area contributed by atoms with Gasteiger partial charge in [0.25, 0.3) is 15.7 Å². The number of sulfone groups is 1. The SMILES string of the molecule is CCN(CC)CCOC(=O)Nc1cc(CN2CC(=O)N(c3ccc(S(=O)(=O)C(F)(F)F)cc3)C2=O)ccn1. The molecule has 1 aliphatic heterocycles. The second kappa shape index (κ2) is 11.8. The third kappa shape index (κ3) is 6.58. The lowest BCUT2D eigenvalue weighted by molar-refractivity contribution is -0.116. The number of amides is 4. The lowest BCUT2D eigenvalue weighted by atomic mass is 10.2. The number of urea groups is 1. The Hall–Kier alpha value is -3.72. The average Bonchev–Trinajstić information content (AvgIpc) is 3.13. The minimum atomic E-state index is -5.57. The van der Waals surface area contributed by atoms with E-state index in [1.165, 1.54) is 17.2 Å². The van der Waals surface area contributed by atoms with Crippen molar-refractivity contribution in [1.82, 2.24) is 14.8 Å².